The van der Waals surface area contributed by atoms with Crippen LogP contribution in [0.5, 0.6) is 0 Å². The summed E-state index contributed by atoms with van der Waals surface area (Å²) < 4.78 is 1.19. The second-order valence-corrected chi connectivity index (χ2v) is 5.95. The van der Waals surface area contributed by atoms with Crippen molar-refractivity contribution in [1.82, 2.24) is 5.32 Å². The monoisotopic (exact) mass is 295 g/mol. The summed E-state index contributed by atoms with van der Waals surface area (Å²) in [5, 5.41) is 3.73. The molecule has 2 heteroatoms. The predicted octanol–water partition coefficient (Wildman–Crippen LogP) is 4.68. The van der Waals surface area contributed by atoms with Crippen LogP contribution >= 0.6 is 15.9 Å². The number of benzene rings is 1. The predicted molar refractivity (Wildman–Crippen MR) is 77.1 cm³/mol. The Hall–Kier alpha value is -0.340. The van der Waals surface area contributed by atoms with Crippen molar-refractivity contribution >= 4 is 15.9 Å². The summed E-state index contributed by atoms with van der Waals surface area (Å²) >= 11 is 3.58. The first-order chi connectivity index (χ1) is 8.31. The molecule has 17 heavy (non-hydrogen) atoms. The molecule has 0 aromatic heterocycles. The average molecular weight is 296 g/mol. The minimum atomic E-state index is 0.551. The van der Waals surface area contributed by atoms with E-state index in [9.17, 15) is 0 Å². The fraction of sp³-hybridized carbons (Fsp3) is 0.600. The molecule has 94 valence electrons. The third-order valence-electron chi connectivity index (χ3n) is 3.69. The molecule has 1 saturated carbocycles. The molecular weight excluding hydrogens is 274 g/mol. The molecular formula is C15H22BrN. The highest BCUT2D eigenvalue weighted by molar-refractivity contribution is 9.10. The van der Waals surface area contributed by atoms with Gasteiger partial charge in [0.1, 0.15) is 0 Å². The molecule has 1 unspecified atom stereocenters. The summed E-state index contributed by atoms with van der Waals surface area (Å²) in [6, 6.07) is 9.33. The quantitative estimate of drug-likeness (QED) is 0.832. The molecule has 0 spiro atoms. The molecule has 0 saturated heterocycles. The van der Waals surface area contributed by atoms with Gasteiger partial charge in [0, 0.05) is 10.5 Å². The maximum absolute atomic E-state index is 3.73. The maximum Gasteiger partial charge on any atom is 0.0349 e. The van der Waals surface area contributed by atoms with Crippen LogP contribution in [0, 0.1) is 5.92 Å². The molecule has 1 fully saturated rings. The Morgan fingerprint density at radius 1 is 1.35 bits per heavy atom. The van der Waals surface area contributed by atoms with Gasteiger partial charge in [0.2, 0.25) is 0 Å². The zero-order valence-electron chi connectivity index (χ0n) is 10.6. The smallest absolute Gasteiger partial charge is 0.0349 e. The molecule has 0 radical (unpaired) electrons. The lowest BCUT2D eigenvalue weighted by molar-refractivity contribution is 0.368. The number of halogens is 1. The Morgan fingerprint density at radius 2 is 2.12 bits per heavy atom. The highest BCUT2D eigenvalue weighted by Crippen LogP contribution is 2.36. The van der Waals surface area contributed by atoms with E-state index < -0.39 is 0 Å². The average Bonchev–Trinajstić information content (AvgIpc) is 2.83. The normalized spacial score (nSPS) is 18.5. The summed E-state index contributed by atoms with van der Waals surface area (Å²) in [5.41, 5.74) is 1.44. The Labute approximate surface area is 113 Å². The maximum atomic E-state index is 3.73. The van der Waals surface area contributed by atoms with Crippen molar-refractivity contribution in [1.29, 1.82) is 0 Å². The number of hydrogen-bond acceptors (Lipinski definition) is 1. The lowest BCUT2D eigenvalue weighted by atomic mass is 9.91. The Kier molecular flexibility index (Phi) is 5.05. The molecule has 1 aliphatic carbocycles. The number of rotatable bonds is 5. The van der Waals surface area contributed by atoms with Gasteiger partial charge in [-0.1, -0.05) is 47.8 Å². The highest BCUT2D eigenvalue weighted by atomic mass is 79.9. The van der Waals surface area contributed by atoms with Gasteiger partial charge < -0.3 is 5.32 Å². The van der Waals surface area contributed by atoms with Gasteiger partial charge in [0.15, 0.2) is 0 Å². The van der Waals surface area contributed by atoms with Crippen LogP contribution in [0.4, 0.5) is 0 Å². The van der Waals surface area contributed by atoms with Crippen LogP contribution in [0.15, 0.2) is 28.7 Å². The van der Waals surface area contributed by atoms with E-state index in [0.717, 1.165) is 12.5 Å². The van der Waals surface area contributed by atoms with Crippen molar-refractivity contribution in [2.75, 3.05) is 6.54 Å². The fourth-order valence-corrected chi connectivity index (χ4v) is 3.26. The molecule has 1 atom stereocenters. The van der Waals surface area contributed by atoms with E-state index in [0.29, 0.717) is 6.04 Å². The molecule has 2 rings (SSSR count). The minimum absolute atomic E-state index is 0.551. The van der Waals surface area contributed by atoms with Crippen LogP contribution in [0.25, 0.3) is 0 Å². The van der Waals surface area contributed by atoms with E-state index in [1.165, 1.54) is 42.1 Å². The Morgan fingerprint density at radius 3 is 2.76 bits per heavy atom. The lowest BCUT2D eigenvalue weighted by Crippen LogP contribution is -2.27. The molecule has 1 aromatic carbocycles. The second-order valence-electron chi connectivity index (χ2n) is 5.03. The van der Waals surface area contributed by atoms with E-state index in [1.54, 1.807) is 0 Å². The third-order valence-corrected chi connectivity index (χ3v) is 4.19. The lowest BCUT2D eigenvalue weighted by Gasteiger charge is -2.25. The molecule has 1 nitrogen and oxygen atoms in total. The van der Waals surface area contributed by atoms with Gasteiger partial charge in [-0.2, -0.15) is 0 Å². The standard InChI is InChI=1S/C15H22BrN/c1-2-10-17-15(12-6-3-4-7-12)13-8-5-9-14(16)11-13/h5,8-9,11-12,15,17H,2-4,6-7,10H2,1H3. The zero-order valence-corrected chi connectivity index (χ0v) is 12.2. The van der Waals surface area contributed by atoms with Gasteiger partial charge in [-0.15, -0.1) is 0 Å². The summed E-state index contributed by atoms with van der Waals surface area (Å²) in [7, 11) is 0. The van der Waals surface area contributed by atoms with Crippen molar-refractivity contribution < 1.29 is 0 Å². The Balaban J connectivity index is 2.13. The van der Waals surface area contributed by atoms with Crippen molar-refractivity contribution in [3.8, 4) is 0 Å². The van der Waals surface area contributed by atoms with E-state index in [2.05, 4.69) is 52.4 Å². The minimum Gasteiger partial charge on any atom is -0.310 e. The Bertz CT molecular complexity index is 345. The van der Waals surface area contributed by atoms with E-state index >= 15 is 0 Å². The topological polar surface area (TPSA) is 12.0 Å². The van der Waals surface area contributed by atoms with Crippen LogP contribution < -0.4 is 5.32 Å². The van der Waals surface area contributed by atoms with E-state index in [1.807, 2.05) is 0 Å². The fourth-order valence-electron chi connectivity index (χ4n) is 2.85. The number of nitrogens with one attached hydrogen (secondary N) is 1. The largest absolute Gasteiger partial charge is 0.310 e. The van der Waals surface area contributed by atoms with Crippen molar-refractivity contribution in [2.45, 2.75) is 45.1 Å². The molecule has 0 amide bonds. The first-order valence-electron chi connectivity index (χ1n) is 6.80. The zero-order chi connectivity index (χ0) is 12.1. The molecule has 0 heterocycles. The van der Waals surface area contributed by atoms with E-state index in [-0.39, 0.29) is 0 Å². The second kappa shape index (κ2) is 6.55. The van der Waals surface area contributed by atoms with Crippen LogP contribution in [0.2, 0.25) is 0 Å². The van der Waals surface area contributed by atoms with Gasteiger partial charge in [0.05, 0.1) is 0 Å². The first kappa shape index (κ1) is 13.1. The molecule has 1 aromatic rings. The van der Waals surface area contributed by atoms with Gasteiger partial charge in [0.25, 0.3) is 0 Å². The molecule has 1 aliphatic rings. The summed E-state index contributed by atoms with van der Waals surface area (Å²) in [5.74, 6) is 0.829. The third kappa shape index (κ3) is 3.56. The SMILES string of the molecule is CCCNC(c1cccc(Br)c1)C1CCCC1. The van der Waals surface area contributed by atoms with Crippen molar-refractivity contribution in [3.05, 3.63) is 34.3 Å². The van der Waals surface area contributed by atoms with E-state index in [4.69, 9.17) is 0 Å². The summed E-state index contributed by atoms with van der Waals surface area (Å²) in [4.78, 5) is 0. The molecule has 1 N–H and O–H groups in total. The van der Waals surface area contributed by atoms with Gasteiger partial charge >= 0.3 is 0 Å². The van der Waals surface area contributed by atoms with Gasteiger partial charge in [-0.25, -0.2) is 0 Å². The number of hydrogen-bond donors (Lipinski definition) is 1. The van der Waals surface area contributed by atoms with Gasteiger partial charge in [-0.05, 0) is 49.4 Å². The summed E-state index contributed by atoms with van der Waals surface area (Å²) in [6.45, 7) is 3.35. The molecule has 0 aliphatic heterocycles. The first-order valence-corrected chi connectivity index (χ1v) is 7.59. The molecule has 0 bridgehead atoms. The van der Waals surface area contributed by atoms with Crippen molar-refractivity contribution in [3.63, 3.8) is 0 Å². The van der Waals surface area contributed by atoms with Crippen LogP contribution in [-0.2, 0) is 0 Å². The van der Waals surface area contributed by atoms with Crippen molar-refractivity contribution in [2.24, 2.45) is 5.92 Å². The summed E-state index contributed by atoms with van der Waals surface area (Å²) in [6.07, 6.45) is 6.78. The van der Waals surface area contributed by atoms with Crippen LogP contribution in [0.3, 0.4) is 0 Å². The van der Waals surface area contributed by atoms with Crippen LogP contribution in [0.1, 0.15) is 50.6 Å². The highest BCUT2D eigenvalue weighted by Gasteiger charge is 2.25. The van der Waals surface area contributed by atoms with Crippen LogP contribution in [-0.4, -0.2) is 6.54 Å². The van der Waals surface area contributed by atoms with Gasteiger partial charge in [-0.3, -0.25) is 0 Å².